The Kier molecular flexibility index (Phi) is 4.33. The summed E-state index contributed by atoms with van der Waals surface area (Å²) in [5.41, 5.74) is 0.337. The number of rotatable bonds is 5. The van der Waals surface area contributed by atoms with Crippen molar-refractivity contribution in [3.63, 3.8) is 0 Å². The van der Waals surface area contributed by atoms with Gasteiger partial charge in [-0.05, 0) is 37.1 Å². The largest absolute Gasteiger partial charge is 0.497 e. The zero-order valence-corrected chi connectivity index (χ0v) is 13.6. The number of benzene rings is 1. The van der Waals surface area contributed by atoms with Gasteiger partial charge in [0.05, 0.1) is 30.1 Å². The molecule has 0 unspecified atom stereocenters. The smallest absolute Gasteiger partial charge is 0.261 e. The zero-order chi connectivity index (χ0) is 16.3. The van der Waals surface area contributed by atoms with Crippen LogP contribution in [0.15, 0.2) is 41.6 Å². The second kappa shape index (κ2) is 6.41. The van der Waals surface area contributed by atoms with Crippen LogP contribution >= 0.6 is 0 Å². The molecule has 0 saturated carbocycles. The number of aromatic nitrogens is 2. The van der Waals surface area contributed by atoms with Crippen molar-refractivity contribution in [2.45, 2.75) is 17.7 Å². The first-order chi connectivity index (χ1) is 11.1. The lowest BCUT2D eigenvalue weighted by molar-refractivity contribution is 0.414. The lowest BCUT2D eigenvalue weighted by atomic mass is 10.3. The predicted octanol–water partition coefficient (Wildman–Crippen LogP) is 1.89. The first-order valence-corrected chi connectivity index (χ1v) is 8.81. The van der Waals surface area contributed by atoms with Gasteiger partial charge in [0, 0.05) is 13.1 Å². The van der Waals surface area contributed by atoms with E-state index in [2.05, 4.69) is 19.6 Å². The lowest BCUT2D eigenvalue weighted by Gasteiger charge is -2.15. The van der Waals surface area contributed by atoms with Gasteiger partial charge in [-0.3, -0.25) is 4.72 Å². The number of sulfonamides is 1. The fraction of sp³-hybridized carbons (Fsp3) is 0.333. The molecule has 8 heteroatoms. The quantitative estimate of drug-likeness (QED) is 0.899. The van der Waals surface area contributed by atoms with Crippen LogP contribution in [0.1, 0.15) is 12.8 Å². The standard InChI is InChI=1S/C15H18N4O3S/c1-22-13-4-6-14(7-5-13)23(20,21)18-12-10-16-15(17-11-12)19-8-2-3-9-19/h4-7,10-11,18H,2-3,8-9H2,1H3. The van der Waals surface area contributed by atoms with E-state index in [9.17, 15) is 8.42 Å². The highest BCUT2D eigenvalue weighted by Crippen LogP contribution is 2.20. The van der Waals surface area contributed by atoms with Gasteiger partial charge in [-0.15, -0.1) is 0 Å². The van der Waals surface area contributed by atoms with Gasteiger partial charge in [0.1, 0.15) is 5.75 Å². The molecule has 7 nitrogen and oxygen atoms in total. The number of nitrogens with zero attached hydrogens (tertiary/aromatic N) is 3. The van der Waals surface area contributed by atoms with Gasteiger partial charge in [-0.25, -0.2) is 18.4 Å². The first kappa shape index (κ1) is 15.5. The van der Waals surface area contributed by atoms with Gasteiger partial charge >= 0.3 is 0 Å². The monoisotopic (exact) mass is 334 g/mol. The minimum Gasteiger partial charge on any atom is -0.497 e. The van der Waals surface area contributed by atoms with E-state index in [-0.39, 0.29) is 4.90 Å². The molecule has 0 radical (unpaired) electrons. The molecule has 1 N–H and O–H groups in total. The Morgan fingerprint density at radius 1 is 1.09 bits per heavy atom. The van der Waals surface area contributed by atoms with E-state index in [1.165, 1.54) is 31.6 Å². The highest BCUT2D eigenvalue weighted by Gasteiger charge is 2.17. The van der Waals surface area contributed by atoms with Crippen LogP contribution in [0.25, 0.3) is 0 Å². The fourth-order valence-corrected chi connectivity index (χ4v) is 3.45. The number of nitrogens with one attached hydrogen (secondary N) is 1. The average molecular weight is 334 g/mol. The molecule has 0 aliphatic carbocycles. The molecule has 1 aromatic carbocycles. The van der Waals surface area contributed by atoms with Crippen LogP contribution in [0.4, 0.5) is 11.6 Å². The van der Waals surface area contributed by atoms with Crippen molar-refractivity contribution in [1.29, 1.82) is 0 Å². The van der Waals surface area contributed by atoms with E-state index in [1.807, 2.05) is 0 Å². The second-order valence-corrected chi connectivity index (χ2v) is 6.93. The molecule has 0 bridgehead atoms. The Bertz CT molecular complexity index is 754. The van der Waals surface area contributed by atoms with Crippen molar-refractivity contribution >= 4 is 21.7 Å². The minimum atomic E-state index is -3.67. The lowest BCUT2D eigenvalue weighted by Crippen LogP contribution is -2.20. The molecular formula is C15H18N4O3S. The molecule has 1 aliphatic heterocycles. The Morgan fingerprint density at radius 3 is 2.26 bits per heavy atom. The Balaban J connectivity index is 1.74. The topological polar surface area (TPSA) is 84.4 Å². The third-order valence-corrected chi connectivity index (χ3v) is 5.05. The molecule has 1 aliphatic rings. The van der Waals surface area contributed by atoms with Crippen LogP contribution in [0.3, 0.4) is 0 Å². The molecule has 0 spiro atoms. The average Bonchev–Trinajstić information content (AvgIpc) is 3.10. The summed E-state index contributed by atoms with van der Waals surface area (Å²) in [7, 11) is -2.14. The summed E-state index contributed by atoms with van der Waals surface area (Å²) in [6, 6.07) is 6.17. The summed E-state index contributed by atoms with van der Waals surface area (Å²) in [5, 5.41) is 0. The van der Waals surface area contributed by atoms with Crippen molar-refractivity contribution in [3.05, 3.63) is 36.7 Å². The molecule has 2 aromatic rings. The van der Waals surface area contributed by atoms with Gasteiger partial charge in [0.15, 0.2) is 0 Å². The summed E-state index contributed by atoms with van der Waals surface area (Å²) >= 11 is 0. The highest BCUT2D eigenvalue weighted by molar-refractivity contribution is 7.92. The second-order valence-electron chi connectivity index (χ2n) is 5.25. The van der Waals surface area contributed by atoms with Crippen LogP contribution in [0.2, 0.25) is 0 Å². The van der Waals surface area contributed by atoms with Crippen molar-refractivity contribution < 1.29 is 13.2 Å². The molecule has 0 amide bonds. The van der Waals surface area contributed by atoms with Crippen LogP contribution in [0.5, 0.6) is 5.75 Å². The number of ether oxygens (including phenoxy) is 1. The van der Waals surface area contributed by atoms with Gasteiger partial charge < -0.3 is 9.64 Å². The molecule has 23 heavy (non-hydrogen) atoms. The summed E-state index contributed by atoms with van der Waals surface area (Å²) in [6.45, 7) is 1.88. The maximum absolute atomic E-state index is 12.3. The molecule has 1 fully saturated rings. The Morgan fingerprint density at radius 2 is 1.70 bits per heavy atom. The maximum atomic E-state index is 12.3. The van der Waals surface area contributed by atoms with Crippen LogP contribution in [-0.2, 0) is 10.0 Å². The molecule has 2 heterocycles. The molecule has 1 saturated heterocycles. The van der Waals surface area contributed by atoms with Gasteiger partial charge in [-0.2, -0.15) is 0 Å². The van der Waals surface area contributed by atoms with E-state index in [1.54, 1.807) is 12.1 Å². The van der Waals surface area contributed by atoms with Crippen molar-refractivity contribution in [2.24, 2.45) is 0 Å². The maximum Gasteiger partial charge on any atom is 0.261 e. The summed E-state index contributed by atoms with van der Waals surface area (Å²) in [4.78, 5) is 10.7. The first-order valence-electron chi connectivity index (χ1n) is 7.32. The van der Waals surface area contributed by atoms with E-state index in [4.69, 9.17) is 4.74 Å². The third kappa shape index (κ3) is 3.53. The van der Waals surface area contributed by atoms with Gasteiger partial charge in [0.25, 0.3) is 10.0 Å². The SMILES string of the molecule is COc1ccc(S(=O)(=O)Nc2cnc(N3CCCC3)nc2)cc1. The summed E-state index contributed by atoms with van der Waals surface area (Å²) in [6.07, 6.45) is 5.24. The third-order valence-electron chi connectivity index (χ3n) is 3.65. The van der Waals surface area contributed by atoms with E-state index in [0.29, 0.717) is 17.4 Å². The zero-order valence-electron chi connectivity index (χ0n) is 12.8. The van der Waals surface area contributed by atoms with E-state index < -0.39 is 10.0 Å². The molecule has 0 atom stereocenters. The molecular weight excluding hydrogens is 316 g/mol. The predicted molar refractivity (Wildman–Crippen MR) is 87.3 cm³/mol. The van der Waals surface area contributed by atoms with E-state index >= 15 is 0 Å². The number of methoxy groups -OCH3 is 1. The Labute approximate surface area is 135 Å². The van der Waals surface area contributed by atoms with Gasteiger partial charge in [0.2, 0.25) is 5.95 Å². The molecule has 3 rings (SSSR count). The summed E-state index contributed by atoms with van der Waals surface area (Å²) in [5.74, 6) is 1.23. The van der Waals surface area contributed by atoms with Crippen LogP contribution in [0, 0.1) is 0 Å². The fourth-order valence-electron chi connectivity index (χ4n) is 2.42. The number of hydrogen-bond acceptors (Lipinski definition) is 6. The molecule has 1 aromatic heterocycles. The van der Waals surface area contributed by atoms with E-state index in [0.717, 1.165) is 25.9 Å². The molecule has 122 valence electrons. The van der Waals surface area contributed by atoms with Crippen LogP contribution in [-0.4, -0.2) is 38.6 Å². The van der Waals surface area contributed by atoms with Crippen molar-refractivity contribution in [2.75, 3.05) is 29.8 Å². The number of anilines is 2. The van der Waals surface area contributed by atoms with Crippen molar-refractivity contribution in [1.82, 2.24) is 9.97 Å². The normalized spacial score (nSPS) is 14.7. The number of hydrogen-bond donors (Lipinski definition) is 1. The minimum absolute atomic E-state index is 0.155. The van der Waals surface area contributed by atoms with Crippen molar-refractivity contribution in [3.8, 4) is 5.75 Å². The highest BCUT2D eigenvalue weighted by atomic mass is 32.2. The van der Waals surface area contributed by atoms with Crippen LogP contribution < -0.4 is 14.4 Å². The Hall–Kier alpha value is -2.35. The summed E-state index contributed by atoms with van der Waals surface area (Å²) < 4.78 is 32.1. The van der Waals surface area contributed by atoms with Gasteiger partial charge in [-0.1, -0.05) is 0 Å².